The van der Waals surface area contributed by atoms with Gasteiger partial charge in [-0.2, -0.15) is 0 Å². The zero-order chi connectivity index (χ0) is 10.1. The summed E-state index contributed by atoms with van der Waals surface area (Å²) in [6.45, 7) is 6.00. The largest absolute Gasteiger partial charge is 0.480 e. The van der Waals surface area contributed by atoms with Crippen LogP contribution >= 0.6 is 0 Å². The molecule has 76 valence electrons. The first-order chi connectivity index (χ1) is 6.05. The van der Waals surface area contributed by atoms with Crippen LogP contribution < -0.4 is 5.32 Å². The van der Waals surface area contributed by atoms with E-state index in [-0.39, 0.29) is 0 Å². The molecule has 1 aliphatic carbocycles. The molecule has 0 heterocycles. The van der Waals surface area contributed by atoms with Crippen LogP contribution in [0.5, 0.6) is 0 Å². The van der Waals surface area contributed by atoms with E-state index < -0.39 is 11.5 Å². The number of nitrogens with one attached hydrogen (secondary N) is 1. The van der Waals surface area contributed by atoms with Gasteiger partial charge in [-0.3, -0.25) is 10.1 Å². The fourth-order valence-corrected chi connectivity index (χ4v) is 1.70. The predicted octanol–water partition coefficient (Wildman–Crippen LogP) is 1.63. The van der Waals surface area contributed by atoms with E-state index in [4.69, 9.17) is 5.11 Å². The third-order valence-corrected chi connectivity index (χ3v) is 3.19. The molecule has 3 nitrogen and oxygen atoms in total. The topological polar surface area (TPSA) is 49.3 Å². The fourth-order valence-electron chi connectivity index (χ4n) is 1.70. The molecule has 0 aromatic heterocycles. The normalized spacial score (nSPS) is 27.3. The van der Waals surface area contributed by atoms with Crippen molar-refractivity contribution in [2.75, 3.05) is 0 Å². The highest BCUT2D eigenvalue weighted by Crippen LogP contribution is 2.32. The Morgan fingerprint density at radius 2 is 2.00 bits per heavy atom. The molecule has 0 radical (unpaired) electrons. The second-order valence-electron chi connectivity index (χ2n) is 4.06. The Labute approximate surface area is 79.5 Å². The van der Waals surface area contributed by atoms with Crippen molar-refractivity contribution in [1.29, 1.82) is 0 Å². The highest BCUT2D eigenvalue weighted by Gasteiger charge is 2.43. The van der Waals surface area contributed by atoms with Crippen molar-refractivity contribution in [2.45, 2.75) is 51.6 Å². The van der Waals surface area contributed by atoms with Crippen LogP contribution in [0.15, 0.2) is 0 Å². The maximum Gasteiger partial charge on any atom is 0.323 e. The summed E-state index contributed by atoms with van der Waals surface area (Å²) in [6, 6.07) is 0.427. The quantitative estimate of drug-likeness (QED) is 0.684. The molecule has 0 aromatic rings. The van der Waals surface area contributed by atoms with Gasteiger partial charge in [0, 0.05) is 6.04 Å². The minimum Gasteiger partial charge on any atom is -0.480 e. The van der Waals surface area contributed by atoms with Crippen LogP contribution in [0.1, 0.15) is 40.0 Å². The smallest absolute Gasteiger partial charge is 0.323 e. The highest BCUT2D eigenvalue weighted by molar-refractivity contribution is 5.78. The molecule has 2 atom stereocenters. The second-order valence-corrected chi connectivity index (χ2v) is 4.06. The summed E-state index contributed by atoms with van der Waals surface area (Å²) in [5.41, 5.74) is -0.685. The summed E-state index contributed by atoms with van der Waals surface area (Å²) < 4.78 is 0. The molecule has 0 aliphatic heterocycles. The van der Waals surface area contributed by atoms with E-state index in [0.717, 1.165) is 6.42 Å². The Morgan fingerprint density at radius 1 is 1.54 bits per heavy atom. The number of carboxylic acids is 1. The summed E-state index contributed by atoms with van der Waals surface area (Å²) in [4.78, 5) is 11.1. The molecule has 0 saturated heterocycles. The molecule has 0 aromatic carbocycles. The fraction of sp³-hybridized carbons (Fsp3) is 0.900. The standard InChI is InChI=1S/C10H19NO2/c1-4-10(5-2,9(12)13)11-8-6-7(8)3/h7-8,11H,4-6H2,1-3H3,(H,12,13). The number of hydrogen-bond acceptors (Lipinski definition) is 2. The Hall–Kier alpha value is -0.570. The zero-order valence-corrected chi connectivity index (χ0v) is 8.63. The number of aliphatic carboxylic acids is 1. The number of hydrogen-bond donors (Lipinski definition) is 2. The van der Waals surface area contributed by atoms with E-state index in [2.05, 4.69) is 12.2 Å². The van der Waals surface area contributed by atoms with Crippen molar-refractivity contribution in [3.05, 3.63) is 0 Å². The average Bonchev–Trinajstić information content (AvgIpc) is 2.77. The Balaban J connectivity index is 2.60. The van der Waals surface area contributed by atoms with Gasteiger partial charge >= 0.3 is 5.97 Å². The van der Waals surface area contributed by atoms with Crippen molar-refractivity contribution in [2.24, 2.45) is 5.92 Å². The monoisotopic (exact) mass is 185 g/mol. The Kier molecular flexibility index (Phi) is 2.96. The zero-order valence-electron chi connectivity index (χ0n) is 8.63. The molecule has 1 aliphatic rings. The van der Waals surface area contributed by atoms with Crippen molar-refractivity contribution in [3.8, 4) is 0 Å². The van der Waals surface area contributed by atoms with Gasteiger partial charge in [-0.25, -0.2) is 0 Å². The number of carbonyl (C=O) groups is 1. The van der Waals surface area contributed by atoms with Crippen molar-refractivity contribution < 1.29 is 9.90 Å². The van der Waals surface area contributed by atoms with E-state index in [0.29, 0.717) is 24.8 Å². The van der Waals surface area contributed by atoms with Gasteiger partial charge in [0.15, 0.2) is 0 Å². The SMILES string of the molecule is CCC(CC)(NC1CC1C)C(=O)O. The molecule has 1 rings (SSSR count). The van der Waals surface area contributed by atoms with Crippen molar-refractivity contribution in [3.63, 3.8) is 0 Å². The molecule has 0 amide bonds. The predicted molar refractivity (Wildman–Crippen MR) is 51.7 cm³/mol. The molecule has 2 unspecified atom stereocenters. The van der Waals surface area contributed by atoms with Crippen LogP contribution in [-0.4, -0.2) is 22.7 Å². The summed E-state index contributed by atoms with van der Waals surface area (Å²) in [5, 5.41) is 12.4. The van der Waals surface area contributed by atoms with Crippen LogP contribution in [-0.2, 0) is 4.79 Å². The van der Waals surface area contributed by atoms with E-state index in [1.54, 1.807) is 0 Å². The third-order valence-electron chi connectivity index (χ3n) is 3.19. The van der Waals surface area contributed by atoms with Crippen LogP contribution in [0.25, 0.3) is 0 Å². The van der Waals surface area contributed by atoms with Crippen molar-refractivity contribution >= 4 is 5.97 Å². The Bertz CT molecular complexity index is 199. The summed E-state index contributed by atoms with van der Waals surface area (Å²) in [5.74, 6) is -0.0616. The van der Waals surface area contributed by atoms with Gasteiger partial charge in [-0.15, -0.1) is 0 Å². The molecule has 3 heteroatoms. The minimum absolute atomic E-state index is 0.427. The van der Waals surface area contributed by atoms with E-state index in [9.17, 15) is 4.79 Å². The number of carboxylic acid groups (broad SMARTS) is 1. The lowest BCUT2D eigenvalue weighted by Crippen LogP contribution is -2.52. The maximum atomic E-state index is 11.1. The third kappa shape index (κ3) is 2.02. The van der Waals surface area contributed by atoms with Gasteiger partial charge in [0.25, 0.3) is 0 Å². The molecule has 0 spiro atoms. The molecule has 2 N–H and O–H groups in total. The summed E-state index contributed by atoms with van der Waals surface area (Å²) in [7, 11) is 0. The van der Waals surface area contributed by atoms with E-state index in [1.807, 2.05) is 13.8 Å². The van der Waals surface area contributed by atoms with Gasteiger partial charge in [-0.05, 0) is 25.2 Å². The molecule has 1 fully saturated rings. The first-order valence-corrected chi connectivity index (χ1v) is 5.06. The van der Waals surface area contributed by atoms with Crippen LogP contribution in [0.4, 0.5) is 0 Å². The molecule has 0 bridgehead atoms. The summed E-state index contributed by atoms with van der Waals surface area (Å²) >= 11 is 0. The molecular weight excluding hydrogens is 166 g/mol. The van der Waals surface area contributed by atoms with Crippen LogP contribution in [0.3, 0.4) is 0 Å². The molecule has 13 heavy (non-hydrogen) atoms. The van der Waals surface area contributed by atoms with E-state index in [1.165, 1.54) is 0 Å². The van der Waals surface area contributed by atoms with Crippen LogP contribution in [0, 0.1) is 5.92 Å². The average molecular weight is 185 g/mol. The van der Waals surface area contributed by atoms with Gasteiger partial charge in [0.05, 0.1) is 0 Å². The van der Waals surface area contributed by atoms with Crippen LogP contribution in [0.2, 0.25) is 0 Å². The first-order valence-electron chi connectivity index (χ1n) is 5.06. The Morgan fingerprint density at radius 3 is 2.23 bits per heavy atom. The van der Waals surface area contributed by atoms with Gasteiger partial charge < -0.3 is 5.11 Å². The van der Waals surface area contributed by atoms with Gasteiger partial charge in [0.1, 0.15) is 5.54 Å². The highest BCUT2D eigenvalue weighted by atomic mass is 16.4. The maximum absolute atomic E-state index is 11.1. The molecule has 1 saturated carbocycles. The number of rotatable bonds is 5. The minimum atomic E-state index is -0.711. The van der Waals surface area contributed by atoms with Crippen molar-refractivity contribution in [1.82, 2.24) is 5.32 Å². The lowest BCUT2D eigenvalue weighted by Gasteiger charge is -2.28. The first kappa shape index (κ1) is 10.5. The lowest BCUT2D eigenvalue weighted by atomic mass is 9.93. The lowest BCUT2D eigenvalue weighted by molar-refractivity contribution is -0.145. The van der Waals surface area contributed by atoms with E-state index >= 15 is 0 Å². The molecular formula is C10H19NO2. The van der Waals surface area contributed by atoms with Gasteiger partial charge in [-0.1, -0.05) is 20.8 Å². The van der Waals surface area contributed by atoms with Gasteiger partial charge in [0.2, 0.25) is 0 Å². The second kappa shape index (κ2) is 3.66. The summed E-state index contributed by atoms with van der Waals surface area (Å²) in [6.07, 6.45) is 2.43.